The van der Waals surface area contributed by atoms with Gasteiger partial charge in [-0.25, -0.2) is 0 Å². The second-order valence-electron chi connectivity index (χ2n) is 4.28. The third-order valence-electron chi connectivity index (χ3n) is 2.33. The molecule has 0 saturated heterocycles. The van der Waals surface area contributed by atoms with Crippen LogP contribution in [0.15, 0.2) is 23.1 Å². The minimum absolute atomic E-state index is 0.207. The number of carbonyl (C=O) groups excluding carboxylic acids is 1. The molecule has 0 aliphatic heterocycles. The third kappa shape index (κ3) is 5.61. The van der Waals surface area contributed by atoms with E-state index in [-0.39, 0.29) is 18.1 Å². The number of thioether (sulfide) groups is 1. The van der Waals surface area contributed by atoms with E-state index in [2.05, 4.69) is 5.32 Å². The number of hydrogen-bond acceptors (Lipinski definition) is 4. The molecule has 0 saturated carbocycles. The lowest BCUT2D eigenvalue weighted by Crippen LogP contribution is -2.43. The van der Waals surface area contributed by atoms with Gasteiger partial charge in [0.1, 0.15) is 6.04 Å². The molecule has 1 aromatic carbocycles. The molecule has 0 fully saturated rings. The first-order valence-electron chi connectivity index (χ1n) is 5.85. The van der Waals surface area contributed by atoms with Crippen LogP contribution in [-0.4, -0.2) is 30.9 Å². The van der Waals surface area contributed by atoms with E-state index in [0.717, 1.165) is 4.90 Å². The van der Waals surface area contributed by atoms with Gasteiger partial charge in [0.15, 0.2) is 0 Å². The fraction of sp³-hybridized carbons (Fsp3) is 0.462. The quantitative estimate of drug-likeness (QED) is 0.641. The summed E-state index contributed by atoms with van der Waals surface area (Å²) in [4.78, 5) is 12.6. The van der Waals surface area contributed by atoms with Gasteiger partial charge in [-0.1, -0.05) is 37.0 Å². The molecule has 0 aromatic heterocycles. The minimum atomic E-state index is -0.343. The van der Waals surface area contributed by atoms with Crippen molar-refractivity contribution in [3.63, 3.8) is 0 Å². The third-order valence-corrected chi connectivity index (χ3v) is 4.15. The van der Waals surface area contributed by atoms with Crippen molar-refractivity contribution in [2.24, 2.45) is 0 Å². The number of benzene rings is 1. The number of hydrogen-bond donors (Lipinski definition) is 1. The Hall–Kier alpha value is -0.420. The van der Waals surface area contributed by atoms with Crippen molar-refractivity contribution in [2.45, 2.75) is 30.8 Å². The summed E-state index contributed by atoms with van der Waals surface area (Å²) in [6.07, 6.45) is 0. The predicted octanol–water partition coefficient (Wildman–Crippen LogP) is 3.63. The zero-order valence-electron chi connectivity index (χ0n) is 11.1. The largest absolute Gasteiger partial charge is 0.468 e. The highest BCUT2D eigenvalue weighted by Crippen LogP contribution is 2.28. The molecule has 0 aliphatic rings. The van der Waals surface area contributed by atoms with Crippen LogP contribution in [0.5, 0.6) is 0 Å². The van der Waals surface area contributed by atoms with Crippen LogP contribution in [0.4, 0.5) is 0 Å². The first-order valence-corrected chi connectivity index (χ1v) is 7.60. The highest BCUT2D eigenvalue weighted by atomic mass is 35.5. The highest BCUT2D eigenvalue weighted by molar-refractivity contribution is 7.99. The summed E-state index contributed by atoms with van der Waals surface area (Å²) in [7, 11) is 1.39. The summed E-state index contributed by atoms with van der Waals surface area (Å²) >= 11 is 13.3. The summed E-state index contributed by atoms with van der Waals surface area (Å²) < 4.78 is 4.78. The topological polar surface area (TPSA) is 38.3 Å². The summed E-state index contributed by atoms with van der Waals surface area (Å²) in [6.45, 7) is 3.97. The second kappa shape index (κ2) is 8.00. The van der Waals surface area contributed by atoms with Gasteiger partial charge in [0.05, 0.1) is 17.2 Å². The van der Waals surface area contributed by atoms with Gasteiger partial charge in [-0.3, -0.25) is 4.79 Å². The molecule has 0 spiro atoms. The van der Waals surface area contributed by atoms with Gasteiger partial charge >= 0.3 is 5.97 Å². The summed E-state index contributed by atoms with van der Waals surface area (Å²) in [5.41, 5.74) is 0. The molecule has 1 unspecified atom stereocenters. The number of nitrogens with one attached hydrogen (secondary N) is 1. The molecule has 0 heterocycles. The number of ether oxygens (including phenoxy) is 1. The van der Waals surface area contributed by atoms with E-state index in [4.69, 9.17) is 27.9 Å². The molecular weight excluding hydrogens is 305 g/mol. The lowest BCUT2D eigenvalue weighted by Gasteiger charge is -2.18. The Morgan fingerprint density at radius 1 is 1.37 bits per heavy atom. The van der Waals surface area contributed by atoms with Crippen LogP contribution in [-0.2, 0) is 9.53 Å². The normalized spacial score (nSPS) is 12.5. The Morgan fingerprint density at radius 3 is 2.58 bits per heavy atom. The van der Waals surface area contributed by atoms with Gasteiger partial charge in [-0.2, -0.15) is 0 Å². The smallest absolute Gasteiger partial charge is 0.323 e. The van der Waals surface area contributed by atoms with Crippen LogP contribution < -0.4 is 5.32 Å². The number of carbonyl (C=O) groups is 1. The van der Waals surface area contributed by atoms with Crippen LogP contribution in [0.25, 0.3) is 0 Å². The fourth-order valence-electron chi connectivity index (χ4n) is 1.48. The monoisotopic (exact) mass is 321 g/mol. The first kappa shape index (κ1) is 16.6. The summed E-state index contributed by atoms with van der Waals surface area (Å²) in [6, 6.07) is 5.28. The van der Waals surface area contributed by atoms with E-state index in [1.807, 2.05) is 19.9 Å². The molecule has 0 aliphatic carbocycles. The van der Waals surface area contributed by atoms with E-state index in [1.54, 1.807) is 12.1 Å². The van der Waals surface area contributed by atoms with Gasteiger partial charge in [0.2, 0.25) is 0 Å². The number of methoxy groups -OCH3 is 1. The van der Waals surface area contributed by atoms with Crippen LogP contribution in [0.3, 0.4) is 0 Å². The summed E-state index contributed by atoms with van der Waals surface area (Å²) in [5, 5.41) is 4.21. The van der Waals surface area contributed by atoms with Crippen molar-refractivity contribution in [3.8, 4) is 0 Å². The molecule has 0 radical (unpaired) electrons. The van der Waals surface area contributed by atoms with Gasteiger partial charge in [0.25, 0.3) is 0 Å². The molecule has 0 bridgehead atoms. The van der Waals surface area contributed by atoms with Crippen LogP contribution in [0, 0.1) is 0 Å². The molecule has 1 N–H and O–H groups in total. The van der Waals surface area contributed by atoms with Crippen LogP contribution in [0.1, 0.15) is 13.8 Å². The van der Waals surface area contributed by atoms with E-state index in [9.17, 15) is 4.79 Å². The average Bonchev–Trinajstić information content (AvgIpc) is 2.37. The van der Waals surface area contributed by atoms with Crippen LogP contribution in [0.2, 0.25) is 10.0 Å². The Bertz CT molecular complexity index is 441. The Balaban J connectivity index is 2.64. The fourth-order valence-corrected chi connectivity index (χ4v) is 2.79. The number of rotatable bonds is 6. The minimum Gasteiger partial charge on any atom is -0.468 e. The van der Waals surface area contributed by atoms with Crippen molar-refractivity contribution < 1.29 is 9.53 Å². The van der Waals surface area contributed by atoms with Crippen molar-refractivity contribution in [1.82, 2.24) is 5.32 Å². The van der Waals surface area contributed by atoms with Gasteiger partial charge in [0, 0.05) is 16.7 Å². The lowest BCUT2D eigenvalue weighted by atomic mass is 10.3. The Morgan fingerprint density at radius 2 is 2.05 bits per heavy atom. The van der Waals surface area contributed by atoms with Crippen molar-refractivity contribution >= 4 is 40.9 Å². The maximum atomic E-state index is 11.6. The molecule has 3 nitrogen and oxygen atoms in total. The van der Waals surface area contributed by atoms with E-state index in [1.165, 1.54) is 18.9 Å². The summed E-state index contributed by atoms with van der Waals surface area (Å²) in [5.74, 6) is 0.310. The zero-order chi connectivity index (χ0) is 14.4. The molecule has 106 valence electrons. The van der Waals surface area contributed by atoms with E-state index < -0.39 is 0 Å². The van der Waals surface area contributed by atoms with Crippen molar-refractivity contribution in [2.75, 3.05) is 12.9 Å². The second-order valence-corrected chi connectivity index (χ2v) is 6.19. The zero-order valence-corrected chi connectivity index (χ0v) is 13.4. The van der Waals surface area contributed by atoms with Crippen molar-refractivity contribution in [1.29, 1.82) is 0 Å². The van der Waals surface area contributed by atoms with Crippen LogP contribution >= 0.6 is 35.0 Å². The standard InChI is InChI=1S/C13H17Cl2NO2S/c1-8(2)16-12(13(17)18-3)7-19-9-4-5-10(14)11(15)6-9/h4-6,8,12,16H,7H2,1-3H3. The highest BCUT2D eigenvalue weighted by Gasteiger charge is 2.20. The number of halogens is 2. The average molecular weight is 322 g/mol. The SMILES string of the molecule is COC(=O)C(CSc1ccc(Cl)c(Cl)c1)NC(C)C. The lowest BCUT2D eigenvalue weighted by molar-refractivity contribution is -0.142. The maximum absolute atomic E-state index is 11.6. The molecule has 19 heavy (non-hydrogen) atoms. The molecule has 0 amide bonds. The van der Waals surface area contributed by atoms with Gasteiger partial charge in [-0.15, -0.1) is 11.8 Å². The molecule has 1 aromatic rings. The first-order chi connectivity index (χ1) is 8.93. The maximum Gasteiger partial charge on any atom is 0.323 e. The van der Waals surface area contributed by atoms with Gasteiger partial charge < -0.3 is 10.1 Å². The van der Waals surface area contributed by atoms with E-state index >= 15 is 0 Å². The van der Waals surface area contributed by atoms with Gasteiger partial charge in [-0.05, 0) is 18.2 Å². The van der Waals surface area contributed by atoms with Crippen molar-refractivity contribution in [3.05, 3.63) is 28.2 Å². The predicted molar refractivity (Wildman–Crippen MR) is 81.3 cm³/mol. The molecule has 6 heteroatoms. The Labute approximate surface area is 128 Å². The number of esters is 1. The molecular formula is C13H17Cl2NO2S. The van der Waals surface area contributed by atoms with E-state index in [0.29, 0.717) is 15.8 Å². The molecule has 1 atom stereocenters. The Kier molecular flexibility index (Phi) is 7.00. The molecule has 1 rings (SSSR count).